The molecule has 4 N–H and O–H groups in total. The Bertz CT molecular complexity index is 681. The van der Waals surface area contributed by atoms with Gasteiger partial charge < -0.3 is 20.8 Å². The second kappa shape index (κ2) is 5.62. The Labute approximate surface area is 119 Å². The molecular weight excluding hydrogens is 284 g/mol. The van der Waals surface area contributed by atoms with Crippen LogP contribution in [0.4, 0.5) is 5.69 Å². The third-order valence-electron chi connectivity index (χ3n) is 2.48. The Hall–Kier alpha value is -2.54. The van der Waals surface area contributed by atoms with E-state index in [1.54, 1.807) is 13.0 Å². The number of oxime groups is 1. The molecule has 0 bridgehead atoms. The summed E-state index contributed by atoms with van der Waals surface area (Å²) in [6.07, 6.45) is 0. The van der Waals surface area contributed by atoms with E-state index in [0.717, 1.165) is 0 Å². The summed E-state index contributed by atoms with van der Waals surface area (Å²) < 4.78 is 4.82. The largest absolute Gasteiger partial charge is 0.409 e. The molecule has 0 spiro atoms. The van der Waals surface area contributed by atoms with Crippen molar-refractivity contribution in [3.8, 4) is 0 Å². The van der Waals surface area contributed by atoms with E-state index in [1.165, 1.54) is 18.2 Å². The molecule has 0 saturated carbocycles. The van der Waals surface area contributed by atoms with Gasteiger partial charge in [0.2, 0.25) is 0 Å². The van der Waals surface area contributed by atoms with Crippen LogP contribution in [-0.4, -0.2) is 22.1 Å². The minimum Gasteiger partial charge on any atom is -0.409 e. The molecule has 1 aromatic heterocycles. The van der Waals surface area contributed by atoms with Crippen LogP contribution in [0.15, 0.2) is 33.9 Å². The molecule has 7 nitrogen and oxygen atoms in total. The zero-order valence-electron chi connectivity index (χ0n) is 10.4. The van der Waals surface area contributed by atoms with Crippen LogP contribution in [0.5, 0.6) is 0 Å². The molecule has 0 atom stereocenters. The number of benzene rings is 1. The van der Waals surface area contributed by atoms with Crippen LogP contribution in [0, 0.1) is 6.92 Å². The monoisotopic (exact) mass is 294 g/mol. The first kappa shape index (κ1) is 13.9. The summed E-state index contributed by atoms with van der Waals surface area (Å²) in [5, 5.41) is 18.0. The second-order valence-electron chi connectivity index (χ2n) is 3.96. The van der Waals surface area contributed by atoms with Crippen LogP contribution in [0.2, 0.25) is 5.02 Å². The van der Waals surface area contributed by atoms with Gasteiger partial charge in [0.1, 0.15) is 5.76 Å². The molecule has 2 aromatic rings. The van der Waals surface area contributed by atoms with E-state index in [0.29, 0.717) is 22.0 Å². The van der Waals surface area contributed by atoms with Crippen LogP contribution in [0.1, 0.15) is 21.8 Å². The van der Waals surface area contributed by atoms with Crippen molar-refractivity contribution in [2.24, 2.45) is 10.9 Å². The van der Waals surface area contributed by atoms with Gasteiger partial charge in [-0.3, -0.25) is 4.79 Å². The predicted octanol–water partition coefficient (Wildman–Crippen LogP) is 1.98. The number of amidine groups is 1. The lowest BCUT2D eigenvalue weighted by Gasteiger charge is -2.07. The van der Waals surface area contributed by atoms with Gasteiger partial charge in [0, 0.05) is 11.6 Å². The number of hydrogen-bond donors (Lipinski definition) is 3. The van der Waals surface area contributed by atoms with Crippen molar-refractivity contribution in [2.75, 3.05) is 5.32 Å². The molecule has 0 aliphatic carbocycles. The number of aryl methyl sites for hydroxylation is 1. The number of carbonyl (C=O) groups excluding carboxylic acids is 1. The van der Waals surface area contributed by atoms with Gasteiger partial charge in [-0.15, -0.1) is 0 Å². The Balaban J connectivity index is 2.26. The predicted molar refractivity (Wildman–Crippen MR) is 73.2 cm³/mol. The first-order valence-electron chi connectivity index (χ1n) is 5.53. The van der Waals surface area contributed by atoms with Crippen LogP contribution < -0.4 is 11.1 Å². The van der Waals surface area contributed by atoms with Crippen molar-refractivity contribution in [3.63, 3.8) is 0 Å². The highest BCUT2D eigenvalue weighted by Crippen LogP contribution is 2.23. The lowest BCUT2D eigenvalue weighted by atomic mass is 10.2. The third-order valence-corrected chi connectivity index (χ3v) is 2.81. The fourth-order valence-electron chi connectivity index (χ4n) is 1.50. The third kappa shape index (κ3) is 2.89. The maximum absolute atomic E-state index is 11.9. The fraction of sp³-hybridized carbons (Fsp3) is 0.0833. The minimum atomic E-state index is -0.472. The Morgan fingerprint density at radius 1 is 1.50 bits per heavy atom. The summed E-state index contributed by atoms with van der Waals surface area (Å²) >= 11 is 5.98. The Kier molecular flexibility index (Phi) is 3.90. The molecule has 1 amide bonds. The molecule has 1 aromatic carbocycles. The molecule has 8 heteroatoms. The van der Waals surface area contributed by atoms with Crippen molar-refractivity contribution in [1.29, 1.82) is 0 Å². The molecule has 0 radical (unpaired) electrons. The number of hydrogen-bond acceptors (Lipinski definition) is 5. The molecule has 0 aliphatic heterocycles. The standard InChI is InChI=1S/C12H11ClN4O3/c1-6-4-10(17-20-6)12(18)15-9-5-7(11(14)16-19)2-3-8(9)13/h2-5,19H,1H3,(H2,14,16)(H,15,18). The van der Waals surface area contributed by atoms with Gasteiger partial charge >= 0.3 is 0 Å². The minimum absolute atomic E-state index is 0.0885. The summed E-state index contributed by atoms with van der Waals surface area (Å²) in [5.41, 5.74) is 6.35. The zero-order chi connectivity index (χ0) is 14.7. The SMILES string of the molecule is Cc1cc(C(=O)Nc2cc(/C(N)=N/O)ccc2Cl)no1. The van der Waals surface area contributed by atoms with E-state index in [2.05, 4.69) is 15.6 Å². The highest BCUT2D eigenvalue weighted by molar-refractivity contribution is 6.34. The first-order chi connectivity index (χ1) is 9.51. The smallest absolute Gasteiger partial charge is 0.277 e. The molecule has 0 fully saturated rings. The maximum atomic E-state index is 11.9. The van der Waals surface area contributed by atoms with Crippen LogP contribution >= 0.6 is 11.6 Å². The number of nitrogens with zero attached hydrogens (tertiary/aromatic N) is 2. The molecule has 0 saturated heterocycles. The number of halogens is 1. The number of carbonyl (C=O) groups is 1. The average Bonchev–Trinajstić information content (AvgIpc) is 2.87. The van der Waals surface area contributed by atoms with Crippen molar-refractivity contribution in [3.05, 3.63) is 46.3 Å². The fourth-order valence-corrected chi connectivity index (χ4v) is 1.66. The summed E-state index contributed by atoms with van der Waals surface area (Å²) in [5.74, 6) is -0.0403. The number of nitrogens with one attached hydrogen (secondary N) is 1. The number of aromatic nitrogens is 1. The van der Waals surface area contributed by atoms with Gasteiger partial charge in [-0.2, -0.15) is 0 Å². The highest BCUT2D eigenvalue weighted by atomic mass is 35.5. The van der Waals surface area contributed by atoms with E-state index in [1.807, 2.05) is 0 Å². The van der Waals surface area contributed by atoms with Crippen molar-refractivity contribution >= 4 is 29.0 Å². The summed E-state index contributed by atoms with van der Waals surface area (Å²) in [7, 11) is 0. The van der Waals surface area contributed by atoms with Gasteiger partial charge in [0.15, 0.2) is 11.5 Å². The van der Waals surface area contributed by atoms with E-state index in [-0.39, 0.29) is 11.5 Å². The molecule has 104 valence electrons. The second-order valence-corrected chi connectivity index (χ2v) is 4.36. The van der Waals surface area contributed by atoms with E-state index in [4.69, 9.17) is 27.1 Å². The molecule has 1 heterocycles. The maximum Gasteiger partial charge on any atom is 0.277 e. The van der Waals surface area contributed by atoms with Gasteiger partial charge in [0.25, 0.3) is 5.91 Å². The Morgan fingerprint density at radius 3 is 2.85 bits per heavy atom. The average molecular weight is 295 g/mol. The summed E-state index contributed by atoms with van der Waals surface area (Å²) in [4.78, 5) is 11.9. The molecule has 20 heavy (non-hydrogen) atoms. The van der Waals surface area contributed by atoms with Crippen molar-refractivity contribution < 1.29 is 14.5 Å². The van der Waals surface area contributed by atoms with Crippen LogP contribution in [-0.2, 0) is 0 Å². The van der Waals surface area contributed by atoms with Gasteiger partial charge in [-0.25, -0.2) is 0 Å². The normalized spacial score (nSPS) is 11.4. The van der Waals surface area contributed by atoms with Crippen LogP contribution in [0.3, 0.4) is 0 Å². The van der Waals surface area contributed by atoms with Crippen molar-refractivity contribution in [2.45, 2.75) is 6.92 Å². The summed E-state index contributed by atoms with van der Waals surface area (Å²) in [6.45, 7) is 1.68. The van der Waals surface area contributed by atoms with Gasteiger partial charge in [-0.05, 0) is 25.1 Å². The van der Waals surface area contributed by atoms with Crippen LogP contribution in [0.25, 0.3) is 0 Å². The molecule has 0 unspecified atom stereocenters. The lowest BCUT2D eigenvalue weighted by Crippen LogP contribution is -2.16. The zero-order valence-corrected chi connectivity index (χ0v) is 11.2. The topological polar surface area (TPSA) is 114 Å². The quantitative estimate of drug-likeness (QED) is 0.347. The van der Waals surface area contributed by atoms with Gasteiger partial charge in [0.05, 0.1) is 10.7 Å². The first-order valence-corrected chi connectivity index (χ1v) is 5.91. The van der Waals surface area contributed by atoms with E-state index < -0.39 is 5.91 Å². The molecule has 0 aliphatic rings. The molecule has 2 rings (SSSR count). The molecular formula is C12H11ClN4O3. The lowest BCUT2D eigenvalue weighted by molar-refractivity contribution is 0.101. The number of nitrogens with two attached hydrogens (primary N) is 1. The highest BCUT2D eigenvalue weighted by Gasteiger charge is 2.13. The number of anilines is 1. The van der Waals surface area contributed by atoms with E-state index >= 15 is 0 Å². The summed E-state index contributed by atoms with van der Waals surface area (Å²) in [6, 6.07) is 6.07. The van der Waals surface area contributed by atoms with E-state index in [9.17, 15) is 4.79 Å². The van der Waals surface area contributed by atoms with Gasteiger partial charge in [-0.1, -0.05) is 21.9 Å². The Morgan fingerprint density at radius 2 is 2.25 bits per heavy atom. The number of rotatable bonds is 3. The number of amides is 1. The van der Waals surface area contributed by atoms with Crippen molar-refractivity contribution in [1.82, 2.24) is 5.16 Å².